The standard InChI is InChI=1S/C36H74NO7P/c1-6-8-10-12-14-16-17-18-19-20-22-24-26-28-31-41-33-35(34-43-45(39,40)42-32-30-37(3,4)5)44-36(38)29-27-25-23-21-15-13-11-9-7-2/h35H,6-34H2,1-5H3. The fourth-order valence-corrected chi connectivity index (χ4v) is 5.92. The molecule has 0 aliphatic carbocycles. The number of phosphoric ester groups is 1. The first-order valence-corrected chi connectivity index (χ1v) is 20.2. The molecule has 0 radical (unpaired) electrons. The molecular weight excluding hydrogens is 589 g/mol. The molecule has 270 valence electrons. The molecule has 8 nitrogen and oxygen atoms in total. The molecule has 0 bridgehead atoms. The summed E-state index contributed by atoms with van der Waals surface area (Å²) in [6.07, 6.45) is 28.2. The van der Waals surface area contributed by atoms with Gasteiger partial charge in [-0.25, -0.2) is 0 Å². The van der Waals surface area contributed by atoms with E-state index in [2.05, 4.69) is 13.8 Å². The molecule has 2 unspecified atom stereocenters. The van der Waals surface area contributed by atoms with Gasteiger partial charge in [-0.05, 0) is 12.8 Å². The molecule has 0 aliphatic heterocycles. The number of likely N-dealkylation sites (N-methyl/N-ethyl adjacent to an activating group) is 1. The van der Waals surface area contributed by atoms with Crippen LogP contribution in [0.5, 0.6) is 0 Å². The maximum absolute atomic E-state index is 12.5. The second kappa shape index (κ2) is 30.8. The van der Waals surface area contributed by atoms with E-state index in [-0.39, 0.29) is 25.8 Å². The van der Waals surface area contributed by atoms with Gasteiger partial charge in [0.25, 0.3) is 7.82 Å². The largest absolute Gasteiger partial charge is 0.756 e. The number of esters is 1. The third-order valence-corrected chi connectivity index (χ3v) is 9.12. The molecule has 0 aliphatic rings. The highest BCUT2D eigenvalue weighted by atomic mass is 31.2. The summed E-state index contributed by atoms with van der Waals surface area (Å²) < 4.78 is 34.4. The van der Waals surface area contributed by atoms with E-state index in [1.165, 1.54) is 116 Å². The number of phosphoric acid groups is 1. The van der Waals surface area contributed by atoms with Crippen molar-refractivity contribution < 1.29 is 37.3 Å². The van der Waals surface area contributed by atoms with Gasteiger partial charge in [-0.15, -0.1) is 0 Å². The van der Waals surface area contributed by atoms with Crippen molar-refractivity contribution in [2.24, 2.45) is 0 Å². The average molecular weight is 664 g/mol. The van der Waals surface area contributed by atoms with Gasteiger partial charge in [-0.3, -0.25) is 9.36 Å². The van der Waals surface area contributed by atoms with Crippen LogP contribution in [0.25, 0.3) is 0 Å². The van der Waals surface area contributed by atoms with Crippen LogP contribution in [0.15, 0.2) is 0 Å². The minimum Gasteiger partial charge on any atom is -0.756 e. The second-order valence-electron chi connectivity index (χ2n) is 14.0. The van der Waals surface area contributed by atoms with Crippen LogP contribution in [0.2, 0.25) is 0 Å². The minimum atomic E-state index is -4.50. The fraction of sp³-hybridized carbons (Fsp3) is 0.972. The van der Waals surface area contributed by atoms with Gasteiger partial charge in [-0.1, -0.05) is 149 Å². The van der Waals surface area contributed by atoms with Crippen LogP contribution in [0.1, 0.15) is 168 Å². The Morgan fingerprint density at radius 3 is 1.47 bits per heavy atom. The van der Waals surface area contributed by atoms with Gasteiger partial charge < -0.3 is 27.9 Å². The maximum atomic E-state index is 12.5. The molecule has 0 fully saturated rings. The summed E-state index contributed by atoms with van der Waals surface area (Å²) >= 11 is 0. The average Bonchev–Trinajstić information content (AvgIpc) is 2.98. The number of ether oxygens (including phenoxy) is 2. The zero-order chi connectivity index (χ0) is 33.5. The highest BCUT2D eigenvalue weighted by molar-refractivity contribution is 7.45. The Hall–Kier alpha value is -0.500. The van der Waals surface area contributed by atoms with Crippen molar-refractivity contribution in [3.05, 3.63) is 0 Å². The molecule has 0 amide bonds. The van der Waals surface area contributed by atoms with Crippen LogP contribution < -0.4 is 4.89 Å². The van der Waals surface area contributed by atoms with Crippen molar-refractivity contribution in [2.45, 2.75) is 174 Å². The van der Waals surface area contributed by atoms with Crippen molar-refractivity contribution in [1.29, 1.82) is 0 Å². The zero-order valence-corrected chi connectivity index (χ0v) is 31.2. The highest BCUT2D eigenvalue weighted by Crippen LogP contribution is 2.38. The van der Waals surface area contributed by atoms with Gasteiger partial charge in [0.15, 0.2) is 0 Å². The summed E-state index contributed by atoms with van der Waals surface area (Å²) in [5, 5.41) is 0. The van der Waals surface area contributed by atoms with E-state index in [0.717, 1.165) is 32.1 Å². The number of nitrogens with zero attached hydrogens (tertiary/aromatic N) is 1. The van der Waals surface area contributed by atoms with Crippen LogP contribution in [0.3, 0.4) is 0 Å². The van der Waals surface area contributed by atoms with E-state index in [4.69, 9.17) is 18.5 Å². The predicted molar refractivity (Wildman–Crippen MR) is 185 cm³/mol. The van der Waals surface area contributed by atoms with Gasteiger partial charge in [0, 0.05) is 13.0 Å². The van der Waals surface area contributed by atoms with Crippen molar-refractivity contribution in [3.63, 3.8) is 0 Å². The lowest BCUT2D eigenvalue weighted by Crippen LogP contribution is -2.37. The van der Waals surface area contributed by atoms with Crippen LogP contribution in [-0.4, -0.2) is 70.7 Å². The number of carbonyl (C=O) groups is 1. The third kappa shape index (κ3) is 34.6. The molecule has 0 aromatic rings. The van der Waals surface area contributed by atoms with Gasteiger partial charge in [-0.2, -0.15) is 0 Å². The molecule has 9 heteroatoms. The van der Waals surface area contributed by atoms with Crippen molar-refractivity contribution >= 4 is 13.8 Å². The Bertz CT molecular complexity index is 701. The van der Waals surface area contributed by atoms with E-state index < -0.39 is 13.9 Å². The van der Waals surface area contributed by atoms with Gasteiger partial charge >= 0.3 is 5.97 Å². The van der Waals surface area contributed by atoms with Crippen LogP contribution in [-0.2, 0) is 27.9 Å². The van der Waals surface area contributed by atoms with E-state index in [0.29, 0.717) is 24.1 Å². The molecule has 0 spiro atoms. The van der Waals surface area contributed by atoms with E-state index in [9.17, 15) is 14.3 Å². The highest BCUT2D eigenvalue weighted by Gasteiger charge is 2.20. The first-order valence-electron chi connectivity index (χ1n) is 18.8. The van der Waals surface area contributed by atoms with Gasteiger partial charge in [0.2, 0.25) is 0 Å². The van der Waals surface area contributed by atoms with E-state index in [1.54, 1.807) is 0 Å². The monoisotopic (exact) mass is 664 g/mol. The molecule has 0 saturated heterocycles. The Labute approximate surface area is 278 Å². The summed E-state index contributed by atoms with van der Waals surface area (Å²) in [7, 11) is 1.37. The summed E-state index contributed by atoms with van der Waals surface area (Å²) in [6.45, 7) is 5.41. The zero-order valence-electron chi connectivity index (χ0n) is 30.3. The van der Waals surface area contributed by atoms with Crippen molar-refractivity contribution in [3.8, 4) is 0 Å². The van der Waals surface area contributed by atoms with E-state index in [1.807, 2.05) is 21.1 Å². The Morgan fingerprint density at radius 1 is 0.600 bits per heavy atom. The lowest BCUT2D eigenvalue weighted by molar-refractivity contribution is -0.870. The third-order valence-electron chi connectivity index (χ3n) is 8.16. The van der Waals surface area contributed by atoms with Crippen LogP contribution in [0, 0.1) is 0 Å². The summed E-state index contributed by atoms with van der Waals surface area (Å²) in [5.74, 6) is -0.335. The molecule has 0 heterocycles. The normalized spacial score (nSPS) is 14.0. The van der Waals surface area contributed by atoms with E-state index >= 15 is 0 Å². The molecule has 0 N–H and O–H groups in total. The second-order valence-corrected chi connectivity index (χ2v) is 15.4. The molecule has 0 saturated carbocycles. The van der Waals surface area contributed by atoms with Crippen molar-refractivity contribution in [1.82, 2.24) is 0 Å². The lowest BCUT2D eigenvalue weighted by atomic mass is 10.0. The first-order chi connectivity index (χ1) is 21.6. The summed E-state index contributed by atoms with van der Waals surface area (Å²) in [5.41, 5.74) is 0. The molecule has 2 atom stereocenters. The van der Waals surface area contributed by atoms with Crippen LogP contribution in [0.4, 0.5) is 0 Å². The number of carbonyl (C=O) groups excluding carboxylic acids is 1. The Kier molecular flexibility index (Phi) is 30.5. The quantitative estimate of drug-likeness (QED) is 0.0288. The molecule has 0 rings (SSSR count). The Balaban J connectivity index is 4.24. The van der Waals surface area contributed by atoms with Crippen LogP contribution >= 0.6 is 7.82 Å². The first kappa shape index (κ1) is 44.5. The molecule has 0 aromatic carbocycles. The van der Waals surface area contributed by atoms with Gasteiger partial charge in [0.05, 0.1) is 34.4 Å². The summed E-state index contributed by atoms with van der Waals surface area (Å²) in [6, 6.07) is 0. The SMILES string of the molecule is CCCCCCCCCCCCCCCCOCC(COP(=O)([O-])OCC[N+](C)(C)C)OC(=O)CCCCCCCCCCC. The summed E-state index contributed by atoms with van der Waals surface area (Å²) in [4.78, 5) is 24.8. The Morgan fingerprint density at radius 2 is 1.02 bits per heavy atom. The minimum absolute atomic E-state index is 0.0307. The lowest BCUT2D eigenvalue weighted by Gasteiger charge is -2.28. The smallest absolute Gasteiger partial charge is 0.306 e. The predicted octanol–water partition coefficient (Wildman–Crippen LogP) is 9.52. The molecule has 45 heavy (non-hydrogen) atoms. The number of hydrogen-bond donors (Lipinski definition) is 0. The molecule has 0 aromatic heterocycles. The number of unbranched alkanes of at least 4 members (excludes halogenated alkanes) is 21. The maximum Gasteiger partial charge on any atom is 0.306 e. The number of rotatable bonds is 35. The molecular formula is C36H74NO7P. The van der Waals surface area contributed by atoms with Crippen molar-refractivity contribution in [2.75, 3.05) is 54.1 Å². The topological polar surface area (TPSA) is 94.1 Å². The fourth-order valence-electron chi connectivity index (χ4n) is 5.19. The number of hydrogen-bond acceptors (Lipinski definition) is 7. The number of quaternary nitrogens is 1. The van der Waals surface area contributed by atoms with Gasteiger partial charge in [0.1, 0.15) is 19.3 Å².